The summed E-state index contributed by atoms with van der Waals surface area (Å²) in [6.07, 6.45) is 0.275. The van der Waals surface area contributed by atoms with Crippen LogP contribution in [0.3, 0.4) is 0 Å². The van der Waals surface area contributed by atoms with E-state index in [1.165, 1.54) is 0 Å². The van der Waals surface area contributed by atoms with Crippen LogP contribution in [0.15, 0.2) is 36.4 Å². The molecule has 0 aliphatic carbocycles. The third-order valence-electron chi connectivity index (χ3n) is 3.07. The van der Waals surface area contributed by atoms with Gasteiger partial charge in [0.05, 0.1) is 12.5 Å². The van der Waals surface area contributed by atoms with Gasteiger partial charge in [0, 0.05) is 30.4 Å². The molecule has 3 N–H and O–H groups in total. The molecule has 7 heteroatoms. The summed E-state index contributed by atoms with van der Waals surface area (Å²) in [5.74, 6) is 0.706. The Kier molecular flexibility index (Phi) is 7.69. The molecule has 126 valence electrons. The predicted octanol–water partition coefficient (Wildman–Crippen LogP) is 2.71. The zero-order valence-corrected chi connectivity index (χ0v) is 14.1. The third kappa shape index (κ3) is 5.54. The van der Waals surface area contributed by atoms with E-state index in [9.17, 15) is 4.79 Å². The van der Waals surface area contributed by atoms with Crippen molar-refractivity contribution in [2.24, 2.45) is 5.73 Å². The van der Waals surface area contributed by atoms with Crippen molar-refractivity contribution >= 4 is 18.3 Å². The summed E-state index contributed by atoms with van der Waals surface area (Å²) >= 11 is 0. The molecule has 6 nitrogen and oxygen atoms in total. The number of benzene rings is 1. The lowest BCUT2D eigenvalue weighted by Crippen LogP contribution is -2.24. The van der Waals surface area contributed by atoms with Gasteiger partial charge in [0.25, 0.3) is 5.91 Å². The number of ether oxygens (including phenoxy) is 1. The lowest BCUT2D eigenvalue weighted by atomic mass is 10.2. The Hall–Kier alpha value is -2.62. The molecule has 0 saturated heterocycles. The minimum absolute atomic E-state index is 0. The first kappa shape index (κ1) is 19.4. The first-order chi connectivity index (χ1) is 11.1. The zero-order chi connectivity index (χ0) is 16.7. The summed E-state index contributed by atoms with van der Waals surface area (Å²) in [4.78, 5) is 16.3. The van der Waals surface area contributed by atoms with Crippen molar-refractivity contribution in [1.29, 1.82) is 5.26 Å². The fourth-order valence-corrected chi connectivity index (χ4v) is 2.03. The van der Waals surface area contributed by atoms with Crippen molar-refractivity contribution in [1.82, 2.24) is 10.3 Å². The molecule has 0 spiro atoms. The maximum absolute atomic E-state index is 12.0. The van der Waals surface area contributed by atoms with E-state index in [0.29, 0.717) is 30.3 Å². The van der Waals surface area contributed by atoms with Crippen molar-refractivity contribution in [2.45, 2.75) is 19.9 Å². The average Bonchev–Trinajstić information content (AvgIpc) is 2.54. The van der Waals surface area contributed by atoms with E-state index in [1.807, 2.05) is 19.1 Å². The molecule has 0 aliphatic heterocycles. The summed E-state index contributed by atoms with van der Waals surface area (Å²) in [6, 6.07) is 12.4. The molecule has 2 aromatic rings. The number of nitrogens with zero attached hydrogens (tertiary/aromatic N) is 2. The van der Waals surface area contributed by atoms with Gasteiger partial charge in [0.2, 0.25) is 5.88 Å². The average molecular weight is 347 g/mol. The van der Waals surface area contributed by atoms with Crippen LogP contribution in [0.4, 0.5) is 0 Å². The first-order valence-electron chi connectivity index (χ1n) is 7.23. The number of halogens is 1. The molecule has 1 heterocycles. The second kappa shape index (κ2) is 9.50. The lowest BCUT2D eigenvalue weighted by molar-refractivity contribution is 0.0954. The van der Waals surface area contributed by atoms with Gasteiger partial charge >= 0.3 is 0 Å². The molecule has 0 saturated carbocycles. The summed E-state index contributed by atoms with van der Waals surface area (Å²) in [6.45, 7) is 2.59. The summed E-state index contributed by atoms with van der Waals surface area (Å²) in [7, 11) is 0. The highest BCUT2D eigenvalue weighted by Gasteiger charge is 2.08. The van der Waals surface area contributed by atoms with Crippen molar-refractivity contribution < 1.29 is 9.53 Å². The Morgan fingerprint density at radius 3 is 2.88 bits per heavy atom. The Bertz CT molecular complexity index is 744. The van der Waals surface area contributed by atoms with E-state index in [-0.39, 0.29) is 24.7 Å². The molecule has 0 aliphatic rings. The van der Waals surface area contributed by atoms with Gasteiger partial charge in [-0.25, -0.2) is 4.98 Å². The van der Waals surface area contributed by atoms with Gasteiger partial charge in [-0.05, 0) is 36.8 Å². The monoisotopic (exact) mass is 346 g/mol. The molecule has 0 radical (unpaired) electrons. The molecular formula is C17H19ClN4O2. The Morgan fingerprint density at radius 1 is 1.38 bits per heavy atom. The van der Waals surface area contributed by atoms with Crippen LogP contribution in [-0.4, -0.2) is 17.4 Å². The van der Waals surface area contributed by atoms with E-state index >= 15 is 0 Å². The number of carbonyl (C=O) groups is 1. The minimum Gasteiger partial charge on any atom is -0.439 e. The summed E-state index contributed by atoms with van der Waals surface area (Å²) < 4.78 is 5.72. The van der Waals surface area contributed by atoms with Crippen molar-refractivity contribution in [3.05, 3.63) is 53.2 Å². The van der Waals surface area contributed by atoms with Gasteiger partial charge in [-0.3, -0.25) is 4.79 Å². The molecule has 1 amide bonds. The Morgan fingerprint density at radius 2 is 2.17 bits per heavy atom. The topological polar surface area (TPSA) is 101 Å². The van der Waals surface area contributed by atoms with Crippen LogP contribution in [0, 0.1) is 18.3 Å². The maximum Gasteiger partial charge on any atom is 0.251 e. The Balaban J connectivity index is 0.00000288. The quantitative estimate of drug-likeness (QED) is 0.783. The SMILES string of the molecule is Cc1cc(CN)cc(Oc2cccc(C(=O)NCCC#N)c2)n1.Cl. The third-order valence-corrected chi connectivity index (χ3v) is 3.07. The molecule has 24 heavy (non-hydrogen) atoms. The van der Waals surface area contributed by atoms with E-state index in [0.717, 1.165) is 11.3 Å². The molecule has 2 rings (SSSR count). The smallest absolute Gasteiger partial charge is 0.251 e. The fourth-order valence-electron chi connectivity index (χ4n) is 2.03. The number of hydrogen-bond donors (Lipinski definition) is 2. The number of aryl methyl sites for hydroxylation is 1. The van der Waals surface area contributed by atoms with Crippen LogP contribution < -0.4 is 15.8 Å². The van der Waals surface area contributed by atoms with E-state index in [4.69, 9.17) is 15.7 Å². The normalized spacial score (nSPS) is 9.54. The van der Waals surface area contributed by atoms with E-state index < -0.39 is 0 Å². The lowest BCUT2D eigenvalue weighted by Gasteiger charge is -2.09. The summed E-state index contributed by atoms with van der Waals surface area (Å²) in [5, 5.41) is 11.2. The number of amides is 1. The highest BCUT2D eigenvalue weighted by molar-refractivity contribution is 5.94. The highest BCUT2D eigenvalue weighted by atomic mass is 35.5. The number of nitrogens with two attached hydrogens (primary N) is 1. The number of nitriles is 1. The second-order valence-electron chi connectivity index (χ2n) is 4.95. The van der Waals surface area contributed by atoms with Crippen LogP contribution in [-0.2, 0) is 6.54 Å². The van der Waals surface area contributed by atoms with E-state index in [1.54, 1.807) is 30.3 Å². The van der Waals surface area contributed by atoms with Gasteiger partial charge in [-0.15, -0.1) is 12.4 Å². The van der Waals surface area contributed by atoms with Crippen LogP contribution in [0.1, 0.15) is 28.0 Å². The molecular weight excluding hydrogens is 328 g/mol. The summed E-state index contributed by atoms with van der Waals surface area (Å²) in [5.41, 5.74) is 7.85. The van der Waals surface area contributed by atoms with Crippen molar-refractivity contribution in [2.75, 3.05) is 6.54 Å². The van der Waals surface area contributed by atoms with Crippen LogP contribution in [0.5, 0.6) is 11.6 Å². The van der Waals surface area contributed by atoms with Gasteiger partial charge in [0.1, 0.15) is 5.75 Å². The zero-order valence-electron chi connectivity index (χ0n) is 13.3. The van der Waals surface area contributed by atoms with Gasteiger partial charge in [0.15, 0.2) is 0 Å². The van der Waals surface area contributed by atoms with Gasteiger partial charge in [-0.2, -0.15) is 5.26 Å². The number of nitrogens with one attached hydrogen (secondary N) is 1. The Labute approximate surface area is 147 Å². The molecule has 1 aromatic carbocycles. The number of pyridine rings is 1. The van der Waals surface area contributed by atoms with Crippen LogP contribution in [0.2, 0.25) is 0 Å². The number of carbonyl (C=O) groups excluding carboxylic acids is 1. The van der Waals surface area contributed by atoms with Crippen molar-refractivity contribution in [3.63, 3.8) is 0 Å². The molecule has 0 atom stereocenters. The first-order valence-corrected chi connectivity index (χ1v) is 7.23. The maximum atomic E-state index is 12.0. The minimum atomic E-state index is -0.245. The standard InChI is InChI=1S/C17H18N4O2.ClH/c1-12-8-13(11-19)9-16(21-12)23-15-5-2-4-14(10-15)17(22)20-7-3-6-18;/h2,4-5,8-10H,3,7,11,19H2,1H3,(H,20,22);1H. The van der Waals surface area contributed by atoms with Crippen LogP contribution in [0.25, 0.3) is 0 Å². The highest BCUT2D eigenvalue weighted by Crippen LogP contribution is 2.22. The van der Waals surface area contributed by atoms with E-state index in [2.05, 4.69) is 10.3 Å². The van der Waals surface area contributed by atoms with Crippen LogP contribution >= 0.6 is 12.4 Å². The number of aromatic nitrogens is 1. The molecule has 0 unspecified atom stereocenters. The fraction of sp³-hybridized carbons (Fsp3) is 0.235. The second-order valence-corrected chi connectivity index (χ2v) is 4.95. The molecule has 1 aromatic heterocycles. The van der Waals surface area contributed by atoms with Gasteiger partial charge < -0.3 is 15.8 Å². The predicted molar refractivity (Wildman–Crippen MR) is 93.2 cm³/mol. The van der Waals surface area contributed by atoms with Crippen molar-refractivity contribution in [3.8, 4) is 17.7 Å². The number of rotatable bonds is 6. The molecule has 0 bridgehead atoms. The molecule has 0 fully saturated rings. The van der Waals surface area contributed by atoms with Gasteiger partial charge in [-0.1, -0.05) is 6.07 Å². The number of hydrogen-bond acceptors (Lipinski definition) is 5. The largest absolute Gasteiger partial charge is 0.439 e.